The maximum atomic E-state index is 10.3. The Labute approximate surface area is 166 Å². The van der Waals surface area contributed by atoms with Crippen LogP contribution in [-0.2, 0) is 9.24 Å². The van der Waals surface area contributed by atoms with Crippen molar-refractivity contribution in [3.63, 3.8) is 0 Å². The first-order chi connectivity index (χ1) is 7.88. The molecular formula is C8H4BrClNNa2O5P. The molecule has 0 atom stereocenters. The fraction of sp³-hybridized carbons (Fsp3) is 0. The molecule has 19 heavy (non-hydrogen) atoms. The van der Waals surface area contributed by atoms with Gasteiger partial charge in [0.1, 0.15) is 7.82 Å². The molecule has 2 rings (SSSR count). The van der Waals surface area contributed by atoms with Crippen LogP contribution < -0.4 is 73.8 Å². The Morgan fingerprint density at radius 1 is 1.32 bits per heavy atom. The fourth-order valence-corrected chi connectivity index (χ4v) is 2.04. The molecule has 92 valence electrons. The van der Waals surface area contributed by atoms with Gasteiger partial charge < -0.3 is 24.2 Å². The Hall–Kier alpha value is 1.44. The molecule has 0 bridgehead atoms. The quantitative estimate of drug-likeness (QED) is 0.249. The van der Waals surface area contributed by atoms with E-state index in [0.717, 1.165) is 0 Å². The van der Waals surface area contributed by atoms with Gasteiger partial charge in [-0.3, -0.25) is 0 Å². The summed E-state index contributed by atoms with van der Waals surface area (Å²) in [5, 5.41) is 0.725. The van der Waals surface area contributed by atoms with Crippen molar-refractivity contribution in [2.45, 2.75) is 0 Å². The summed E-state index contributed by atoms with van der Waals surface area (Å²) in [6.07, 6.45) is 1.33. The minimum atomic E-state index is -5.20. The van der Waals surface area contributed by atoms with Crippen LogP contribution in [0.1, 0.15) is 0 Å². The number of nitrogens with one attached hydrogen (secondary N) is 1. The Bertz CT molecular complexity index is 618. The molecular weight excluding hydrogens is 382 g/mol. The number of aromatic nitrogens is 1. The minimum absolute atomic E-state index is 0. The largest absolute Gasteiger partial charge is 1.00 e. The van der Waals surface area contributed by atoms with Gasteiger partial charge in [-0.2, -0.15) is 4.67 Å². The van der Waals surface area contributed by atoms with Crippen LogP contribution in [0.3, 0.4) is 0 Å². The number of fused-ring (bicyclic) bond motifs is 1. The van der Waals surface area contributed by atoms with Crippen molar-refractivity contribution in [1.82, 2.24) is 4.98 Å². The Balaban J connectivity index is 0.00000162. The number of phosphoric acid groups is 1. The SMILES string of the molecule is O=P([O-])([O-])OOc1c[nH]c2ccc(Br)c(Cl)c12.[Na+].[Na+]. The van der Waals surface area contributed by atoms with Gasteiger partial charge in [0.25, 0.3) is 0 Å². The van der Waals surface area contributed by atoms with Crippen LogP contribution in [0.5, 0.6) is 5.75 Å². The smallest absolute Gasteiger partial charge is 0.787 e. The van der Waals surface area contributed by atoms with E-state index >= 15 is 0 Å². The third-order valence-electron chi connectivity index (χ3n) is 1.92. The van der Waals surface area contributed by atoms with E-state index in [0.29, 0.717) is 20.4 Å². The molecule has 0 aliphatic heterocycles. The molecule has 0 amide bonds. The van der Waals surface area contributed by atoms with Gasteiger partial charge >= 0.3 is 59.1 Å². The maximum Gasteiger partial charge on any atom is 1.00 e. The number of rotatable bonds is 3. The predicted octanol–water partition coefficient (Wildman–Crippen LogP) is -4.27. The summed E-state index contributed by atoms with van der Waals surface area (Å²) >= 11 is 9.20. The number of H-pyrrole nitrogens is 1. The van der Waals surface area contributed by atoms with Gasteiger partial charge in [0.2, 0.25) is 0 Å². The summed E-state index contributed by atoms with van der Waals surface area (Å²) in [6, 6.07) is 3.41. The Morgan fingerprint density at radius 2 is 1.95 bits per heavy atom. The second-order valence-electron chi connectivity index (χ2n) is 3.04. The maximum absolute atomic E-state index is 10.3. The van der Waals surface area contributed by atoms with Crippen molar-refractivity contribution >= 4 is 46.3 Å². The molecule has 6 nitrogen and oxygen atoms in total. The van der Waals surface area contributed by atoms with E-state index in [2.05, 4.69) is 30.5 Å². The monoisotopic (exact) mass is 385 g/mol. The van der Waals surface area contributed by atoms with Gasteiger partial charge in [-0.25, -0.2) is 0 Å². The summed E-state index contributed by atoms with van der Waals surface area (Å²) in [7, 11) is -5.20. The minimum Gasteiger partial charge on any atom is -0.787 e. The van der Waals surface area contributed by atoms with Crippen molar-refractivity contribution in [2.24, 2.45) is 0 Å². The Kier molecular flexibility index (Phi) is 8.79. The van der Waals surface area contributed by atoms with Crippen LogP contribution >= 0.6 is 35.4 Å². The standard InChI is InChI=1S/C8H6BrClNO5P.2Na/c9-4-1-2-5-7(8(4)10)6(3-11-5)15-16-17(12,13)14;;/h1-3,11H,(H2,12,13,14);;/q;2*+1/p-2. The van der Waals surface area contributed by atoms with E-state index in [-0.39, 0.29) is 64.9 Å². The summed E-state index contributed by atoms with van der Waals surface area (Å²) in [5.41, 5.74) is 0.614. The molecule has 0 aliphatic rings. The number of benzene rings is 1. The topological polar surface area (TPSA) is 97.4 Å². The van der Waals surface area contributed by atoms with E-state index < -0.39 is 7.82 Å². The number of halogens is 2. The van der Waals surface area contributed by atoms with Crippen molar-refractivity contribution in [3.05, 3.63) is 27.8 Å². The number of hydrogen-bond acceptors (Lipinski definition) is 5. The molecule has 0 spiro atoms. The van der Waals surface area contributed by atoms with E-state index in [4.69, 9.17) is 11.6 Å². The molecule has 0 fully saturated rings. The molecule has 1 aromatic carbocycles. The van der Waals surface area contributed by atoms with Crippen LogP contribution in [-0.4, -0.2) is 4.98 Å². The molecule has 0 unspecified atom stereocenters. The average molecular weight is 386 g/mol. The van der Waals surface area contributed by atoms with E-state index in [9.17, 15) is 14.4 Å². The number of aromatic amines is 1. The van der Waals surface area contributed by atoms with Crippen molar-refractivity contribution in [2.75, 3.05) is 0 Å². The van der Waals surface area contributed by atoms with Gasteiger partial charge in [-0.1, -0.05) is 11.6 Å². The van der Waals surface area contributed by atoms with Crippen LogP contribution in [0.25, 0.3) is 10.9 Å². The molecule has 0 saturated carbocycles. The molecule has 0 aliphatic carbocycles. The Morgan fingerprint density at radius 3 is 2.53 bits per heavy atom. The van der Waals surface area contributed by atoms with Crippen molar-refractivity contribution < 1.29 is 83.0 Å². The van der Waals surface area contributed by atoms with E-state index in [1.807, 2.05) is 0 Å². The van der Waals surface area contributed by atoms with Gasteiger partial charge in [-0.05, 0) is 28.1 Å². The summed E-state index contributed by atoms with van der Waals surface area (Å²) in [6.45, 7) is 0. The third-order valence-corrected chi connectivity index (χ3v) is 3.46. The third kappa shape index (κ3) is 5.29. The second kappa shape index (κ2) is 8.17. The molecule has 1 N–H and O–H groups in total. The second-order valence-corrected chi connectivity index (χ2v) is 5.32. The zero-order valence-electron chi connectivity index (χ0n) is 9.98. The van der Waals surface area contributed by atoms with Crippen LogP contribution in [0.4, 0.5) is 0 Å². The molecule has 2 aromatic rings. The first-order valence-electron chi connectivity index (χ1n) is 4.22. The summed E-state index contributed by atoms with van der Waals surface area (Å²) < 4.78 is 14.6. The number of hydrogen-bond donors (Lipinski definition) is 1. The van der Waals surface area contributed by atoms with Gasteiger partial charge in [0.15, 0.2) is 5.75 Å². The van der Waals surface area contributed by atoms with E-state index in [1.165, 1.54) is 6.20 Å². The first-order valence-corrected chi connectivity index (χ1v) is 6.85. The first kappa shape index (κ1) is 20.4. The summed E-state index contributed by atoms with van der Waals surface area (Å²) in [4.78, 5) is 27.8. The van der Waals surface area contributed by atoms with Crippen LogP contribution in [0.15, 0.2) is 22.8 Å². The van der Waals surface area contributed by atoms with Crippen LogP contribution in [0, 0.1) is 0 Å². The predicted molar refractivity (Wildman–Crippen MR) is 60.3 cm³/mol. The van der Waals surface area contributed by atoms with Gasteiger partial charge in [0, 0.05) is 10.7 Å². The zero-order valence-corrected chi connectivity index (χ0v) is 17.2. The molecule has 0 saturated heterocycles. The average Bonchev–Trinajstić information content (AvgIpc) is 2.63. The summed E-state index contributed by atoms with van der Waals surface area (Å²) in [5.74, 6) is 0.0122. The van der Waals surface area contributed by atoms with Crippen molar-refractivity contribution in [3.8, 4) is 5.75 Å². The molecule has 0 radical (unpaired) electrons. The normalized spacial score (nSPS) is 10.7. The fourth-order valence-electron chi connectivity index (χ4n) is 1.28. The zero-order chi connectivity index (χ0) is 12.6. The molecule has 1 aromatic heterocycles. The van der Waals surface area contributed by atoms with Gasteiger partial charge in [-0.15, -0.1) is 0 Å². The molecule has 1 heterocycles. The van der Waals surface area contributed by atoms with Gasteiger partial charge in [0.05, 0.1) is 15.9 Å². The van der Waals surface area contributed by atoms with Crippen molar-refractivity contribution in [1.29, 1.82) is 0 Å². The van der Waals surface area contributed by atoms with E-state index in [1.54, 1.807) is 12.1 Å². The van der Waals surface area contributed by atoms with Crippen LogP contribution in [0.2, 0.25) is 5.02 Å². The molecule has 11 heteroatoms.